The number of rotatable bonds is 6. The molecule has 3 rings (SSSR count). The van der Waals surface area contributed by atoms with Crippen molar-refractivity contribution >= 4 is 0 Å². The molecule has 142 valence electrons. The molecule has 1 aliphatic rings. The van der Waals surface area contributed by atoms with Crippen molar-refractivity contribution in [2.24, 2.45) is 5.92 Å². The van der Waals surface area contributed by atoms with Gasteiger partial charge in [0, 0.05) is 11.1 Å². The third-order valence-corrected chi connectivity index (χ3v) is 5.71. The van der Waals surface area contributed by atoms with Gasteiger partial charge < -0.3 is 4.74 Å². The molecule has 0 radical (unpaired) electrons. The summed E-state index contributed by atoms with van der Waals surface area (Å²) in [7, 11) is 0. The third kappa shape index (κ3) is 5.90. The molecular formula is C26H32O. The standard InChI is InChI=1S/C26H32O/c1-3-5-6-21-9-15-24(16-10-21)25-17-11-22(12-18-25)7-8-23-13-19-26(20-14-23)27-4-2/h11-14,17-21,24H,3-6,9-10,15-16H2,1-2H3. The van der Waals surface area contributed by atoms with E-state index in [1.807, 2.05) is 31.2 Å². The maximum absolute atomic E-state index is 5.47. The lowest BCUT2D eigenvalue weighted by Crippen LogP contribution is -2.13. The highest BCUT2D eigenvalue weighted by Crippen LogP contribution is 2.37. The predicted molar refractivity (Wildman–Crippen MR) is 114 cm³/mol. The summed E-state index contributed by atoms with van der Waals surface area (Å²) in [5.41, 5.74) is 3.60. The van der Waals surface area contributed by atoms with Crippen LogP contribution in [0.25, 0.3) is 0 Å². The summed E-state index contributed by atoms with van der Waals surface area (Å²) in [5.74, 6) is 9.15. The first-order chi connectivity index (χ1) is 13.3. The van der Waals surface area contributed by atoms with Gasteiger partial charge in [0.15, 0.2) is 0 Å². The van der Waals surface area contributed by atoms with E-state index < -0.39 is 0 Å². The second-order valence-corrected chi connectivity index (χ2v) is 7.69. The van der Waals surface area contributed by atoms with E-state index in [0.29, 0.717) is 6.61 Å². The van der Waals surface area contributed by atoms with E-state index in [4.69, 9.17) is 4.74 Å². The van der Waals surface area contributed by atoms with Gasteiger partial charge in [-0.1, -0.05) is 50.2 Å². The molecule has 0 unspecified atom stereocenters. The second kappa shape index (κ2) is 10.2. The Morgan fingerprint density at radius 1 is 0.815 bits per heavy atom. The average molecular weight is 361 g/mol. The number of hydrogen-bond donors (Lipinski definition) is 0. The molecule has 0 bridgehead atoms. The lowest BCUT2D eigenvalue weighted by atomic mass is 9.77. The molecule has 1 aliphatic carbocycles. The molecule has 0 atom stereocenters. The highest BCUT2D eigenvalue weighted by Gasteiger charge is 2.21. The molecule has 2 aromatic rings. The van der Waals surface area contributed by atoms with Crippen LogP contribution in [0.5, 0.6) is 5.75 Å². The van der Waals surface area contributed by atoms with Crippen molar-refractivity contribution in [1.29, 1.82) is 0 Å². The summed E-state index contributed by atoms with van der Waals surface area (Å²) in [6.07, 6.45) is 9.69. The van der Waals surface area contributed by atoms with Crippen LogP contribution < -0.4 is 4.74 Å². The number of hydrogen-bond acceptors (Lipinski definition) is 1. The summed E-state index contributed by atoms with van der Waals surface area (Å²) in [6, 6.07) is 16.9. The molecule has 0 spiro atoms. The fourth-order valence-electron chi connectivity index (χ4n) is 4.06. The SMILES string of the molecule is CCCCC1CCC(c2ccc(C#Cc3ccc(OCC)cc3)cc2)CC1. The van der Waals surface area contributed by atoms with Crippen LogP contribution in [0.3, 0.4) is 0 Å². The fourth-order valence-corrected chi connectivity index (χ4v) is 4.06. The van der Waals surface area contributed by atoms with E-state index in [0.717, 1.165) is 28.7 Å². The second-order valence-electron chi connectivity index (χ2n) is 7.69. The number of unbranched alkanes of at least 4 members (excludes halogenated alkanes) is 1. The number of benzene rings is 2. The normalized spacial score (nSPS) is 19.2. The van der Waals surface area contributed by atoms with Gasteiger partial charge in [0.25, 0.3) is 0 Å². The number of ether oxygens (including phenoxy) is 1. The van der Waals surface area contributed by atoms with Crippen LogP contribution >= 0.6 is 0 Å². The Morgan fingerprint density at radius 2 is 1.41 bits per heavy atom. The van der Waals surface area contributed by atoms with Crippen molar-refractivity contribution in [3.05, 3.63) is 65.2 Å². The van der Waals surface area contributed by atoms with Gasteiger partial charge in [0.2, 0.25) is 0 Å². The summed E-state index contributed by atoms with van der Waals surface area (Å²) >= 11 is 0. The Labute approximate surface area is 165 Å². The van der Waals surface area contributed by atoms with Crippen LogP contribution in [-0.2, 0) is 0 Å². The zero-order valence-corrected chi connectivity index (χ0v) is 16.8. The van der Waals surface area contributed by atoms with E-state index in [-0.39, 0.29) is 0 Å². The molecule has 0 amide bonds. The largest absolute Gasteiger partial charge is 0.494 e. The zero-order chi connectivity index (χ0) is 18.9. The van der Waals surface area contributed by atoms with Crippen LogP contribution in [0.2, 0.25) is 0 Å². The Kier molecular flexibility index (Phi) is 7.40. The first-order valence-electron chi connectivity index (χ1n) is 10.6. The molecule has 1 fully saturated rings. The molecule has 0 aromatic heterocycles. The van der Waals surface area contributed by atoms with Crippen molar-refractivity contribution in [1.82, 2.24) is 0 Å². The quantitative estimate of drug-likeness (QED) is 0.506. The van der Waals surface area contributed by atoms with Crippen LogP contribution in [0, 0.1) is 17.8 Å². The Bertz CT molecular complexity index is 738. The van der Waals surface area contributed by atoms with Crippen LogP contribution in [0.15, 0.2) is 48.5 Å². The average Bonchev–Trinajstić information content (AvgIpc) is 2.73. The van der Waals surface area contributed by atoms with E-state index in [9.17, 15) is 0 Å². The molecule has 1 saturated carbocycles. The zero-order valence-electron chi connectivity index (χ0n) is 16.8. The molecule has 0 N–H and O–H groups in total. The maximum Gasteiger partial charge on any atom is 0.119 e. The van der Waals surface area contributed by atoms with Crippen LogP contribution in [-0.4, -0.2) is 6.61 Å². The minimum Gasteiger partial charge on any atom is -0.494 e. The Balaban J connectivity index is 1.55. The van der Waals surface area contributed by atoms with Crippen molar-refractivity contribution in [3.8, 4) is 17.6 Å². The molecule has 1 heteroatoms. The van der Waals surface area contributed by atoms with Gasteiger partial charge in [-0.2, -0.15) is 0 Å². The Hall–Kier alpha value is -2.20. The summed E-state index contributed by atoms with van der Waals surface area (Å²) in [4.78, 5) is 0. The smallest absolute Gasteiger partial charge is 0.119 e. The lowest BCUT2D eigenvalue weighted by Gasteiger charge is -2.28. The van der Waals surface area contributed by atoms with E-state index in [2.05, 4.69) is 43.0 Å². The molecule has 0 aliphatic heterocycles. The summed E-state index contributed by atoms with van der Waals surface area (Å²) in [6.45, 7) is 4.99. The highest BCUT2D eigenvalue weighted by molar-refractivity contribution is 5.45. The van der Waals surface area contributed by atoms with Gasteiger partial charge in [-0.3, -0.25) is 0 Å². The van der Waals surface area contributed by atoms with Crippen molar-refractivity contribution in [2.75, 3.05) is 6.61 Å². The van der Waals surface area contributed by atoms with Crippen molar-refractivity contribution in [2.45, 2.75) is 64.7 Å². The first-order valence-corrected chi connectivity index (χ1v) is 10.6. The minimum absolute atomic E-state index is 0.692. The summed E-state index contributed by atoms with van der Waals surface area (Å²) < 4.78 is 5.47. The van der Waals surface area contributed by atoms with Gasteiger partial charge >= 0.3 is 0 Å². The minimum atomic E-state index is 0.692. The molecule has 27 heavy (non-hydrogen) atoms. The Morgan fingerprint density at radius 3 is 1.96 bits per heavy atom. The first kappa shape index (κ1) is 19.6. The van der Waals surface area contributed by atoms with E-state index in [1.54, 1.807) is 0 Å². The van der Waals surface area contributed by atoms with Gasteiger partial charge in [0.05, 0.1) is 6.61 Å². The molecule has 2 aromatic carbocycles. The van der Waals surface area contributed by atoms with Crippen LogP contribution in [0.4, 0.5) is 0 Å². The lowest BCUT2D eigenvalue weighted by molar-refractivity contribution is 0.304. The van der Waals surface area contributed by atoms with Crippen molar-refractivity contribution in [3.63, 3.8) is 0 Å². The monoisotopic (exact) mass is 360 g/mol. The third-order valence-electron chi connectivity index (χ3n) is 5.71. The molecule has 0 heterocycles. The summed E-state index contributed by atoms with van der Waals surface area (Å²) in [5, 5.41) is 0. The topological polar surface area (TPSA) is 9.23 Å². The van der Waals surface area contributed by atoms with E-state index in [1.165, 1.54) is 50.5 Å². The molecule has 1 nitrogen and oxygen atoms in total. The van der Waals surface area contributed by atoms with Gasteiger partial charge in [0.1, 0.15) is 5.75 Å². The maximum atomic E-state index is 5.47. The predicted octanol–water partition coefficient (Wildman–Crippen LogP) is 6.95. The van der Waals surface area contributed by atoms with Crippen molar-refractivity contribution < 1.29 is 4.74 Å². The van der Waals surface area contributed by atoms with E-state index >= 15 is 0 Å². The van der Waals surface area contributed by atoms with Gasteiger partial charge in [-0.15, -0.1) is 0 Å². The fraction of sp³-hybridized carbons (Fsp3) is 0.462. The van der Waals surface area contributed by atoms with Crippen LogP contribution in [0.1, 0.15) is 81.4 Å². The molecular weight excluding hydrogens is 328 g/mol. The van der Waals surface area contributed by atoms with Gasteiger partial charge in [-0.05, 0) is 86.4 Å². The highest BCUT2D eigenvalue weighted by atomic mass is 16.5. The molecule has 0 saturated heterocycles. The van der Waals surface area contributed by atoms with Gasteiger partial charge in [-0.25, -0.2) is 0 Å².